The minimum atomic E-state index is -3.76. The van der Waals surface area contributed by atoms with Crippen molar-refractivity contribution < 1.29 is 17.5 Å². The second-order valence-electron chi connectivity index (χ2n) is 4.96. The van der Waals surface area contributed by atoms with Crippen LogP contribution in [-0.2, 0) is 14.8 Å². The van der Waals surface area contributed by atoms with Crippen LogP contribution in [0.2, 0.25) is 0 Å². The second kappa shape index (κ2) is 5.96. The minimum Gasteiger partial charge on any atom is -0.389 e. The first kappa shape index (κ1) is 16.3. The predicted molar refractivity (Wildman–Crippen MR) is 81.1 cm³/mol. The van der Waals surface area contributed by atoms with Crippen LogP contribution in [0, 0.1) is 5.82 Å². The van der Waals surface area contributed by atoms with Gasteiger partial charge in [-0.2, -0.15) is 4.31 Å². The highest BCUT2D eigenvalue weighted by molar-refractivity contribution is 7.89. The number of nitrogens with two attached hydrogens (primary N) is 1. The van der Waals surface area contributed by atoms with Crippen LogP contribution >= 0.6 is 12.2 Å². The Hall–Kier alpha value is -1.09. The second-order valence-corrected chi connectivity index (χ2v) is 7.40. The van der Waals surface area contributed by atoms with E-state index < -0.39 is 15.8 Å². The monoisotopic (exact) mass is 332 g/mol. The number of ether oxygens (including phenoxy) is 1. The molecular formula is C13H17FN2O3S2. The smallest absolute Gasteiger partial charge is 0.243 e. The van der Waals surface area contributed by atoms with E-state index in [1.165, 1.54) is 23.5 Å². The molecule has 2 N–H and O–H groups in total. The molecule has 0 amide bonds. The number of benzene rings is 1. The van der Waals surface area contributed by atoms with Gasteiger partial charge in [-0.15, -0.1) is 0 Å². The third kappa shape index (κ3) is 3.08. The summed E-state index contributed by atoms with van der Waals surface area (Å²) in [5.74, 6) is -0.637. The Kier molecular flexibility index (Phi) is 4.62. The van der Waals surface area contributed by atoms with Gasteiger partial charge in [0.1, 0.15) is 10.8 Å². The van der Waals surface area contributed by atoms with E-state index in [0.29, 0.717) is 13.0 Å². The van der Waals surface area contributed by atoms with Gasteiger partial charge in [0.15, 0.2) is 0 Å². The van der Waals surface area contributed by atoms with Crippen molar-refractivity contribution >= 4 is 27.2 Å². The lowest BCUT2D eigenvalue weighted by atomic mass is 10.2. The molecule has 116 valence electrons. The summed E-state index contributed by atoms with van der Waals surface area (Å²) in [6.45, 7) is 2.35. The van der Waals surface area contributed by atoms with Crippen LogP contribution < -0.4 is 5.73 Å². The van der Waals surface area contributed by atoms with Crippen molar-refractivity contribution in [3.63, 3.8) is 0 Å². The van der Waals surface area contributed by atoms with E-state index in [-0.39, 0.29) is 27.6 Å². The summed E-state index contributed by atoms with van der Waals surface area (Å²) in [6.07, 6.45) is 0.445. The molecule has 1 aromatic rings. The van der Waals surface area contributed by atoms with Gasteiger partial charge in [0.25, 0.3) is 0 Å². The van der Waals surface area contributed by atoms with Crippen molar-refractivity contribution in [2.24, 2.45) is 5.73 Å². The van der Waals surface area contributed by atoms with Crippen LogP contribution in [0.1, 0.15) is 18.9 Å². The first-order valence-corrected chi connectivity index (χ1v) is 8.29. The van der Waals surface area contributed by atoms with Crippen LogP contribution in [0.15, 0.2) is 23.1 Å². The van der Waals surface area contributed by atoms with E-state index >= 15 is 0 Å². The summed E-state index contributed by atoms with van der Waals surface area (Å²) >= 11 is 4.73. The van der Waals surface area contributed by atoms with E-state index in [1.54, 1.807) is 0 Å². The van der Waals surface area contributed by atoms with Crippen molar-refractivity contribution in [2.75, 3.05) is 13.7 Å². The summed E-state index contributed by atoms with van der Waals surface area (Å²) in [6, 6.07) is 3.20. The van der Waals surface area contributed by atoms with E-state index in [9.17, 15) is 12.8 Å². The lowest BCUT2D eigenvalue weighted by Crippen LogP contribution is -2.41. The molecule has 2 atom stereocenters. The number of sulfonamides is 1. The van der Waals surface area contributed by atoms with Gasteiger partial charge in [-0.25, -0.2) is 12.8 Å². The van der Waals surface area contributed by atoms with E-state index in [0.717, 1.165) is 6.07 Å². The average molecular weight is 332 g/mol. The number of halogens is 1. The fourth-order valence-electron chi connectivity index (χ4n) is 2.40. The molecule has 1 aromatic carbocycles. The molecule has 0 aliphatic carbocycles. The molecule has 2 unspecified atom stereocenters. The van der Waals surface area contributed by atoms with Gasteiger partial charge < -0.3 is 10.5 Å². The van der Waals surface area contributed by atoms with Gasteiger partial charge in [-0.05, 0) is 31.5 Å². The van der Waals surface area contributed by atoms with Crippen molar-refractivity contribution in [3.05, 3.63) is 29.6 Å². The summed E-state index contributed by atoms with van der Waals surface area (Å²) in [5, 5.41) is 0. The van der Waals surface area contributed by atoms with E-state index in [2.05, 4.69) is 0 Å². The fraction of sp³-hybridized carbons (Fsp3) is 0.462. The molecule has 5 nitrogen and oxygen atoms in total. The first-order chi connectivity index (χ1) is 9.75. The van der Waals surface area contributed by atoms with Crippen LogP contribution in [0.5, 0.6) is 0 Å². The molecule has 2 rings (SSSR count). The number of nitrogens with zero attached hydrogens (tertiary/aromatic N) is 1. The zero-order valence-electron chi connectivity index (χ0n) is 11.7. The Morgan fingerprint density at radius 3 is 2.71 bits per heavy atom. The Morgan fingerprint density at radius 1 is 1.52 bits per heavy atom. The number of rotatable bonds is 4. The molecule has 0 spiro atoms. The highest BCUT2D eigenvalue weighted by atomic mass is 32.2. The molecule has 1 heterocycles. The zero-order chi connectivity index (χ0) is 15.8. The Labute approximate surface area is 128 Å². The summed E-state index contributed by atoms with van der Waals surface area (Å²) in [7, 11) is -2.26. The Morgan fingerprint density at radius 2 is 2.19 bits per heavy atom. The lowest BCUT2D eigenvalue weighted by molar-refractivity contribution is 0.102. The molecule has 0 radical (unpaired) electrons. The molecule has 21 heavy (non-hydrogen) atoms. The third-order valence-electron chi connectivity index (χ3n) is 3.68. The Balaban J connectivity index is 2.39. The van der Waals surface area contributed by atoms with E-state index in [1.807, 2.05) is 6.92 Å². The molecule has 1 saturated heterocycles. The van der Waals surface area contributed by atoms with Crippen molar-refractivity contribution in [3.8, 4) is 0 Å². The van der Waals surface area contributed by atoms with Gasteiger partial charge in [0.2, 0.25) is 10.0 Å². The van der Waals surface area contributed by atoms with Gasteiger partial charge in [-0.1, -0.05) is 12.2 Å². The molecular weight excluding hydrogens is 315 g/mol. The zero-order valence-corrected chi connectivity index (χ0v) is 13.4. The normalized spacial score (nSPS) is 22.7. The van der Waals surface area contributed by atoms with E-state index in [4.69, 9.17) is 22.7 Å². The maximum atomic E-state index is 13.6. The fourth-order valence-corrected chi connectivity index (χ4v) is 4.03. The molecule has 0 saturated carbocycles. The highest BCUT2D eigenvalue weighted by Crippen LogP contribution is 2.25. The van der Waals surface area contributed by atoms with Crippen molar-refractivity contribution in [1.82, 2.24) is 4.31 Å². The minimum absolute atomic E-state index is 0.0340. The first-order valence-electron chi connectivity index (χ1n) is 6.44. The highest BCUT2D eigenvalue weighted by Gasteiger charge is 2.35. The van der Waals surface area contributed by atoms with Gasteiger partial charge in [-0.3, -0.25) is 0 Å². The maximum absolute atomic E-state index is 13.6. The molecule has 1 aliphatic rings. The van der Waals surface area contributed by atoms with Crippen molar-refractivity contribution in [1.29, 1.82) is 0 Å². The molecule has 1 fully saturated rings. The summed E-state index contributed by atoms with van der Waals surface area (Å²) < 4.78 is 45.5. The number of hydrogen-bond acceptors (Lipinski definition) is 4. The lowest BCUT2D eigenvalue weighted by Gasteiger charge is -2.26. The molecule has 0 bridgehead atoms. The molecule has 1 aliphatic heterocycles. The van der Waals surface area contributed by atoms with Gasteiger partial charge in [0.05, 0.1) is 17.0 Å². The van der Waals surface area contributed by atoms with Gasteiger partial charge >= 0.3 is 0 Å². The maximum Gasteiger partial charge on any atom is 0.243 e. The topological polar surface area (TPSA) is 72.6 Å². The standard InChI is InChI=1S/C13H17FN2O3S2/c1-8-12(5-6-19-8)16(2)21(17,18)9-3-4-11(14)10(7-9)13(15)20/h3-4,7-8,12H,5-6H2,1-2H3,(H2,15,20). The van der Waals surface area contributed by atoms with Gasteiger partial charge in [0, 0.05) is 19.2 Å². The SMILES string of the molecule is CC1OCCC1N(C)S(=O)(=O)c1ccc(F)c(C(N)=S)c1. The number of thiocarbonyl (C=S) groups is 1. The largest absolute Gasteiger partial charge is 0.389 e. The molecule has 0 aromatic heterocycles. The average Bonchev–Trinajstić information content (AvgIpc) is 2.83. The summed E-state index contributed by atoms with van der Waals surface area (Å²) in [5.41, 5.74) is 5.34. The van der Waals surface area contributed by atoms with Crippen LogP contribution in [-0.4, -0.2) is 43.5 Å². The number of likely N-dealkylation sites (N-methyl/N-ethyl adjacent to an activating group) is 1. The van der Waals surface area contributed by atoms with Crippen LogP contribution in [0.4, 0.5) is 4.39 Å². The summed E-state index contributed by atoms with van der Waals surface area (Å²) in [4.78, 5) is -0.210. The third-order valence-corrected chi connectivity index (χ3v) is 5.78. The predicted octanol–water partition coefficient (Wildman–Crippen LogP) is 1.26. The number of hydrogen-bond donors (Lipinski definition) is 1. The quantitative estimate of drug-likeness (QED) is 0.841. The van der Waals surface area contributed by atoms with Crippen LogP contribution in [0.3, 0.4) is 0 Å². The van der Waals surface area contributed by atoms with Crippen molar-refractivity contribution in [2.45, 2.75) is 30.4 Å². The molecule has 8 heteroatoms. The Bertz CT molecular complexity index is 663. The van der Waals surface area contributed by atoms with Crippen LogP contribution in [0.25, 0.3) is 0 Å².